The van der Waals surface area contributed by atoms with Crippen LogP contribution in [0.25, 0.3) is 0 Å². The monoisotopic (exact) mass is 312 g/mol. The predicted molar refractivity (Wildman–Crippen MR) is 87.0 cm³/mol. The van der Waals surface area contributed by atoms with Gasteiger partial charge in [-0.2, -0.15) is 0 Å². The summed E-state index contributed by atoms with van der Waals surface area (Å²) in [6.45, 7) is 1.89. The van der Waals surface area contributed by atoms with E-state index in [2.05, 4.69) is 5.32 Å². The van der Waals surface area contributed by atoms with E-state index in [4.69, 9.17) is 5.21 Å². The zero-order valence-corrected chi connectivity index (χ0v) is 13.0. The fourth-order valence-corrected chi connectivity index (χ4v) is 2.29. The number of nitrogens with one attached hydrogen (secondary N) is 2. The molecule has 1 atom stereocenters. The minimum absolute atomic E-state index is 0.0152. The Bertz CT molecular complexity index is 654. The molecule has 3 N–H and O–H groups in total. The van der Waals surface area contributed by atoms with Crippen LogP contribution >= 0.6 is 0 Å². The number of hydrogen-bond acceptors (Lipinski definition) is 3. The number of aryl methyl sites for hydroxylation is 1. The molecule has 120 valence electrons. The van der Waals surface area contributed by atoms with E-state index < -0.39 is 5.91 Å². The summed E-state index contributed by atoms with van der Waals surface area (Å²) in [6, 6.07) is 16.4. The van der Waals surface area contributed by atoms with Crippen LogP contribution in [0.4, 0.5) is 0 Å². The molecule has 5 nitrogen and oxygen atoms in total. The minimum atomic E-state index is -0.559. The fourth-order valence-electron chi connectivity index (χ4n) is 2.29. The van der Waals surface area contributed by atoms with Gasteiger partial charge in [0.25, 0.3) is 5.91 Å². The first kappa shape index (κ1) is 16.7. The standard InChI is InChI=1S/C18H20N2O3/c1-13(15-8-10-16(11-9-15)18(22)20-23)19-17(21)12-7-14-5-3-2-4-6-14/h2-6,8-11,13,23H,7,12H2,1H3,(H,19,21)(H,20,22). The largest absolute Gasteiger partial charge is 0.350 e. The first-order valence-corrected chi connectivity index (χ1v) is 7.48. The van der Waals surface area contributed by atoms with Gasteiger partial charge in [0.1, 0.15) is 0 Å². The quantitative estimate of drug-likeness (QED) is 0.567. The second kappa shape index (κ2) is 8.10. The van der Waals surface area contributed by atoms with Crippen molar-refractivity contribution in [2.24, 2.45) is 0 Å². The lowest BCUT2D eigenvalue weighted by Gasteiger charge is -2.14. The molecule has 0 aliphatic rings. The first-order chi connectivity index (χ1) is 11.1. The molecule has 0 saturated carbocycles. The maximum absolute atomic E-state index is 12.0. The highest BCUT2D eigenvalue weighted by Gasteiger charge is 2.11. The zero-order valence-electron chi connectivity index (χ0n) is 13.0. The molecule has 0 saturated heterocycles. The molecule has 1 unspecified atom stereocenters. The normalized spacial score (nSPS) is 11.6. The highest BCUT2D eigenvalue weighted by molar-refractivity contribution is 5.93. The van der Waals surface area contributed by atoms with Gasteiger partial charge < -0.3 is 5.32 Å². The molecule has 0 heterocycles. The van der Waals surface area contributed by atoms with Crippen molar-refractivity contribution in [2.45, 2.75) is 25.8 Å². The Morgan fingerprint density at radius 1 is 1.04 bits per heavy atom. The lowest BCUT2D eigenvalue weighted by molar-refractivity contribution is -0.121. The number of rotatable bonds is 6. The van der Waals surface area contributed by atoms with Gasteiger partial charge in [-0.25, -0.2) is 5.48 Å². The van der Waals surface area contributed by atoms with E-state index in [1.54, 1.807) is 29.7 Å². The third kappa shape index (κ3) is 4.93. The molecule has 0 fully saturated rings. The first-order valence-electron chi connectivity index (χ1n) is 7.48. The molecular formula is C18H20N2O3. The van der Waals surface area contributed by atoms with Gasteiger partial charge in [0, 0.05) is 12.0 Å². The molecular weight excluding hydrogens is 292 g/mol. The van der Waals surface area contributed by atoms with Gasteiger partial charge in [-0.05, 0) is 36.6 Å². The van der Waals surface area contributed by atoms with Gasteiger partial charge in [0.15, 0.2) is 0 Å². The van der Waals surface area contributed by atoms with E-state index in [0.717, 1.165) is 11.1 Å². The molecule has 0 bridgehead atoms. The summed E-state index contributed by atoms with van der Waals surface area (Å²) < 4.78 is 0. The average molecular weight is 312 g/mol. The zero-order chi connectivity index (χ0) is 16.7. The maximum atomic E-state index is 12.0. The van der Waals surface area contributed by atoms with Crippen LogP contribution in [0.2, 0.25) is 0 Å². The Balaban J connectivity index is 1.87. The van der Waals surface area contributed by atoms with E-state index in [1.807, 2.05) is 37.3 Å². The van der Waals surface area contributed by atoms with Crippen molar-refractivity contribution in [3.63, 3.8) is 0 Å². The van der Waals surface area contributed by atoms with Crippen LogP contribution in [-0.2, 0) is 11.2 Å². The second-order valence-corrected chi connectivity index (χ2v) is 5.34. The van der Waals surface area contributed by atoms with Crippen molar-refractivity contribution in [2.75, 3.05) is 0 Å². The lowest BCUT2D eigenvalue weighted by atomic mass is 10.0. The molecule has 0 aromatic heterocycles. The van der Waals surface area contributed by atoms with Crippen LogP contribution < -0.4 is 10.8 Å². The second-order valence-electron chi connectivity index (χ2n) is 5.34. The predicted octanol–water partition coefficient (Wildman–Crippen LogP) is 2.62. The molecule has 0 aliphatic heterocycles. The summed E-state index contributed by atoms with van der Waals surface area (Å²) in [5, 5.41) is 11.5. The van der Waals surface area contributed by atoms with Crippen LogP contribution in [0.5, 0.6) is 0 Å². The van der Waals surface area contributed by atoms with Crippen molar-refractivity contribution in [3.05, 3.63) is 71.3 Å². The topological polar surface area (TPSA) is 78.4 Å². The Morgan fingerprint density at radius 3 is 2.30 bits per heavy atom. The molecule has 2 amide bonds. The van der Waals surface area contributed by atoms with Crippen molar-refractivity contribution in [1.82, 2.24) is 10.8 Å². The maximum Gasteiger partial charge on any atom is 0.274 e. The fraction of sp³-hybridized carbons (Fsp3) is 0.222. The van der Waals surface area contributed by atoms with Crippen molar-refractivity contribution in [1.29, 1.82) is 0 Å². The Hall–Kier alpha value is -2.66. The van der Waals surface area contributed by atoms with Crippen molar-refractivity contribution >= 4 is 11.8 Å². The number of hydrogen-bond donors (Lipinski definition) is 3. The van der Waals surface area contributed by atoms with Crippen molar-refractivity contribution < 1.29 is 14.8 Å². The van der Waals surface area contributed by atoms with Crippen LogP contribution in [0, 0.1) is 0 Å². The van der Waals surface area contributed by atoms with Gasteiger partial charge in [0.05, 0.1) is 6.04 Å². The number of amides is 2. The number of benzene rings is 2. The third-order valence-corrected chi connectivity index (χ3v) is 3.64. The Labute approximate surface area is 135 Å². The molecule has 2 aromatic carbocycles. The van der Waals surface area contributed by atoms with E-state index in [-0.39, 0.29) is 11.9 Å². The summed E-state index contributed by atoms with van der Waals surface area (Å²) in [5.74, 6) is -0.574. The number of carbonyl (C=O) groups excluding carboxylic acids is 2. The minimum Gasteiger partial charge on any atom is -0.350 e. The van der Waals surface area contributed by atoms with Gasteiger partial charge in [0.2, 0.25) is 5.91 Å². The van der Waals surface area contributed by atoms with Crippen LogP contribution in [-0.4, -0.2) is 17.0 Å². The molecule has 0 radical (unpaired) electrons. The summed E-state index contributed by atoms with van der Waals surface area (Å²) in [4.78, 5) is 23.3. The molecule has 23 heavy (non-hydrogen) atoms. The summed E-state index contributed by atoms with van der Waals surface area (Å²) >= 11 is 0. The SMILES string of the molecule is CC(NC(=O)CCc1ccccc1)c1ccc(C(=O)NO)cc1. The lowest BCUT2D eigenvalue weighted by Crippen LogP contribution is -2.27. The third-order valence-electron chi connectivity index (χ3n) is 3.64. The smallest absolute Gasteiger partial charge is 0.274 e. The molecule has 0 spiro atoms. The van der Waals surface area contributed by atoms with E-state index in [1.165, 1.54) is 0 Å². The van der Waals surface area contributed by atoms with Crippen LogP contribution in [0.3, 0.4) is 0 Å². The molecule has 0 aliphatic carbocycles. The number of carbonyl (C=O) groups is 2. The Morgan fingerprint density at radius 2 is 1.70 bits per heavy atom. The van der Waals surface area contributed by atoms with Gasteiger partial charge in [-0.1, -0.05) is 42.5 Å². The molecule has 2 rings (SSSR count). The summed E-state index contributed by atoms with van der Waals surface area (Å²) in [7, 11) is 0. The highest BCUT2D eigenvalue weighted by Crippen LogP contribution is 2.14. The summed E-state index contributed by atoms with van der Waals surface area (Å²) in [6.07, 6.45) is 1.13. The molecule has 5 heteroatoms. The van der Waals surface area contributed by atoms with Gasteiger partial charge in [-0.15, -0.1) is 0 Å². The van der Waals surface area contributed by atoms with Gasteiger partial charge >= 0.3 is 0 Å². The van der Waals surface area contributed by atoms with E-state index >= 15 is 0 Å². The Kier molecular flexibility index (Phi) is 5.88. The highest BCUT2D eigenvalue weighted by atomic mass is 16.5. The van der Waals surface area contributed by atoms with E-state index in [0.29, 0.717) is 18.4 Å². The summed E-state index contributed by atoms with van der Waals surface area (Å²) in [5.41, 5.74) is 3.98. The van der Waals surface area contributed by atoms with Gasteiger partial charge in [-0.3, -0.25) is 14.8 Å². The number of hydroxylamine groups is 1. The van der Waals surface area contributed by atoms with E-state index in [9.17, 15) is 9.59 Å². The average Bonchev–Trinajstić information content (AvgIpc) is 2.60. The van der Waals surface area contributed by atoms with Crippen LogP contribution in [0.1, 0.15) is 40.9 Å². The van der Waals surface area contributed by atoms with Crippen molar-refractivity contribution in [3.8, 4) is 0 Å². The van der Waals surface area contributed by atoms with Crippen LogP contribution in [0.15, 0.2) is 54.6 Å². The molecule has 2 aromatic rings.